The van der Waals surface area contributed by atoms with Gasteiger partial charge in [-0.05, 0) is 38.1 Å². The molecule has 21 heavy (non-hydrogen) atoms. The molecule has 0 heterocycles. The van der Waals surface area contributed by atoms with Gasteiger partial charge in [0.1, 0.15) is 0 Å². The van der Waals surface area contributed by atoms with Crippen molar-refractivity contribution in [2.45, 2.75) is 70.4 Å². The Morgan fingerprint density at radius 3 is 2.57 bits per heavy atom. The molecule has 0 spiro atoms. The fourth-order valence-electron chi connectivity index (χ4n) is 4.03. The zero-order chi connectivity index (χ0) is 15.5. The summed E-state index contributed by atoms with van der Waals surface area (Å²) in [5.74, 6) is 1.36. The Morgan fingerprint density at radius 2 is 1.90 bits per heavy atom. The van der Waals surface area contributed by atoms with Gasteiger partial charge in [-0.15, -0.1) is 0 Å². The number of amides is 1. The molecule has 2 aliphatic carbocycles. The van der Waals surface area contributed by atoms with E-state index in [9.17, 15) is 9.90 Å². The molecule has 0 aliphatic heterocycles. The average Bonchev–Trinajstić information content (AvgIpc) is 2.81. The van der Waals surface area contributed by atoms with Gasteiger partial charge in [0, 0.05) is 12.6 Å². The summed E-state index contributed by atoms with van der Waals surface area (Å²) in [6, 6.07) is 0.323. The van der Waals surface area contributed by atoms with Gasteiger partial charge in [-0.3, -0.25) is 9.69 Å². The molecule has 122 valence electrons. The number of nitrogens with zero attached hydrogens (tertiary/aromatic N) is 1. The molecule has 0 bridgehead atoms. The fraction of sp³-hybridized carbons (Fsp3) is 0.941. The number of nitrogens with one attached hydrogen (secondary N) is 1. The quantitative estimate of drug-likeness (QED) is 0.817. The van der Waals surface area contributed by atoms with Crippen molar-refractivity contribution >= 4 is 5.91 Å². The van der Waals surface area contributed by atoms with Gasteiger partial charge in [0.2, 0.25) is 5.91 Å². The Hall–Kier alpha value is -0.610. The molecule has 0 aromatic carbocycles. The van der Waals surface area contributed by atoms with Crippen LogP contribution in [0.1, 0.15) is 58.8 Å². The summed E-state index contributed by atoms with van der Waals surface area (Å²) in [5.41, 5.74) is -0.568. The Bertz CT molecular complexity index is 353. The van der Waals surface area contributed by atoms with Crippen molar-refractivity contribution in [3.05, 3.63) is 0 Å². The standard InChI is InChI=1S/C17H32N2O2/c1-13-7-6-8-15(14(13)2)18-16(20)11-19(3)12-17(21)9-4-5-10-17/h13-15,21H,4-12H2,1-3H3,(H,18,20). The van der Waals surface area contributed by atoms with Crippen molar-refractivity contribution in [2.24, 2.45) is 11.8 Å². The Balaban J connectivity index is 1.75. The molecule has 4 heteroatoms. The van der Waals surface area contributed by atoms with Crippen LogP contribution >= 0.6 is 0 Å². The predicted molar refractivity (Wildman–Crippen MR) is 85.0 cm³/mol. The average molecular weight is 296 g/mol. The number of carbonyl (C=O) groups excluding carboxylic acids is 1. The van der Waals surface area contributed by atoms with Gasteiger partial charge in [-0.2, -0.15) is 0 Å². The smallest absolute Gasteiger partial charge is 0.234 e. The fourth-order valence-corrected chi connectivity index (χ4v) is 4.03. The highest BCUT2D eigenvalue weighted by Gasteiger charge is 2.33. The molecule has 2 fully saturated rings. The van der Waals surface area contributed by atoms with Crippen molar-refractivity contribution in [1.82, 2.24) is 10.2 Å². The summed E-state index contributed by atoms with van der Waals surface area (Å²) in [7, 11) is 1.93. The molecule has 2 N–H and O–H groups in total. The summed E-state index contributed by atoms with van der Waals surface area (Å²) in [5, 5.41) is 13.6. The molecule has 0 radical (unpaired) electrons. The van der Waals surface area contributed by atoms with Crippen molar-refractivity contribution in [3.63, 3.8) is 0 Å². The van der Waals surface area contributed by atoms with E-state index >= 15 is 0 Å². The zero-order valence-corrected chi connectivity index (χ0v) is 13.9. The number of likely N-dealkylation sites (N-methyl/N-ethyl adjacent to an activating group) is 1. The molecule has 4 nitrogen and oxygen atoms in total. The number of hydrogen-bond donors (Lipinski definition) is 2. The van der Waals surface area contributed by atoms with E-state index in [0.717, 1.165) is 32.1 Å². The van der Waals surface area contributed by atoms with E-state index in [-0.39, 0.29) is 5.91 Å². The summed E-state index contributed by atoms with van der Waals surface area (Å²) in [4.78, 5) is 14.2. The zero-order valence-electron chi connectivity index (χ0n) is 13.9. The second-order valence-electron chi connectivity index (χ2n) is 7.55. The number of hydrogen-bond acceptors (Lipinski definition) is 3. The number of aliphatic hydroxyl groups is 1. The molecule has 3 atom stereocenters. The molecule has 1 amide bonds. The molecular formula is C17H32N2O2. The lowest BCUT2D eigenvalue weighted by molar-refractivity contribution is -0.124. The van der Waals surface area contributed by atoms with E-state index in [2.05, 4.69) is 19.2 Å². The summed E-state index contributed by atoms with van der Waals surface area (Å²) >= 11 is 0. The Labute approximate surface area is 129 Å². The molecule has 0 aromatic rings. The first kappa shape index (κ1) is 16.8. The third-order valence-electron chi connectivity index (χ3n) is 5.57. The van der Waals surface area contributed by atoms with Crippen LogP contribution in [-0.4, -0.2) is 47.7 Å². The van der Waals surface area contributed by atoms with Crippen molar-refractivity contribution in [2.75, 3.05) is 20.1 Å². The van der Waals surface area contributed by atoms with Crippen molar-refractivity contribution < 1.29 is 9.90 Å². The van der Waals surface area contributed by atoms with Crippen LogP contribution in [0.15, 0.2) is 0 Å². The largest absolute Gasteiger partial charge is 0.389 e. The minimum absolute atomic E-state index is 0.102. The molecule has 2 aliphatic rings. The maximum absolute atomic E-state index is 12.2. The number of carbonyl (C=O) groups is 1. The van der Waals surface area contributed by atoms with Gasteiger partial charge in [0.05, 0.1) is 12.1 Å². The van der Waals surface area contributed by atoms with Crippen LogP contribution < -0.4 is 5.32 Å². The molecule has 0 aromatic heterocycles. The van der Waals surface area contributed by atoms with E-state index < -0.39 is 5.60 Å². The monoisotopic (exact) mass is 296 g/mol. The normalized spacial score (nSPS) is 32.3. The van der Waals surface area contributed by atoms with Crippen LogP contribution in [0.5, 0.6) is 0 Å². The van der Waals surface area contributed by atoms with Crippen LogP contribution in [0.3, 0.4) is 0 Å². The second kappa shape index (κ2) is 7.10. The van der Waals surface area contributed by atoms with Gasteiger partial charge >= 0.3 is 0 Å². The first-order valence-electron chi connectivity index (χ1n) is 8.60. The first-order valence-corrected chi connectivity index (χ1v) is 8.60. The van der Waals surface area contributed by atoms with Crippen LogP contribution in [0.25, 0.3) is 0 Å². The van der Waals surface area contributed by atoms with Crippen LogP contribution in [0, 0.1) is 11.8 Å². The summed E-state index contributed by atoms with van der Waals surface area (Å²) in [6.45, 7) is 5.53. The van der Waals surface area contributed by atoms with Gasteiger partial charge in [-0.25, -0.2) is 0 Å². The lowest BCUT2D eigenvalue weighted by Gasteiger charge is -2.35. The lowest BCUT2D eigenvalue weighted by Crippen LogP contribution is -2.48. The topological polar surface area (TPSA) is 52.6 Å². The maximum Gasteiger partial charge on any atom is 0.234 e. The van der Waals surface area contributed by atoms with E-state index in [1.54, 1.807) is 0 Å². The van der Waals surface area contributed by atoms with Gasteiger partial charge in [-0.1, -0.05) is 39.5 Å². The third kappa shape index (κ3) is 4.68. The molecule has 3 unspecified atom stereocenters. The highest BCUT2D eigenvalue weighted by molar-refractivity contribution is 5.78. The predicted octanol–water partition coefficient (Wildman–Crippen LogP) is 2.16. The molecule has 2 saturated carbocycles. The van der Waals surface area contributed by atoms with Crippen LogP contribution in [0.2, 0.25) is 0 Å². The minimum Gasteiger partial charge on any atom is -0.389 e. The van der Waals surface area contributed by atoms with Crippen molar-refractivity contribution in [3.8, 4) is 0 Å². The van der Waals surface area contributed by atoms with Crippen LogP contribution in [0.4, 0.5) is 0 Å². The van der Waals surface area contributed by atoms with Gasteiger partial charge < -0.3 is 10.4 Å². The number of rotatable bonds is 5. The first-order chi connectivity index (χ1) is 9.89. The second-order valence-corrected chi connectivity index (χ2v) is 7.55. The maximum atomic E-state index is 12.2. The summed E-state index contributed by atoms with van der Waals surface area (Å²) < 4.78 is 0. The molecular weight excluding hydrogens is 264 g/mol. The molecule has 2 rings (SSSR count). The Kier molecular flexibility index (Phi) is 5.67. The third-order valence-corrected chi connectivity index (χ3v) is 5.57. The highest BCUT2D eigenvalue weighted by atomic mass is 16.3. The van der Waals surface area contributed by atoms with E-state index in [1.165, 1.54) is 12.8 Å². The van der Waals surface area contributed by atoms with Gasteiger partial charge in [0.25, 0.3) is 0 Å². The Morgan fingerprint density at radius 1 is 1.24 bits per heavy atom. The van der Waals surface area contributed by atoms with E-state index in [4.69, 9.17) is 0 Å². The van der Waals surface area contributed by atoms with Crippen molar-refractivity contribution in [1.29, 1.82) is 0 Å². The summed E-state index contributed by atoms with van der Waals surface area (Å²) in [6.07, 6.45) is 7.55. The minimum atomic E-state index is -0.568. The van der Waals surface area contributed by atoms with Gasteiger partial charge in [0.15, 0.2) is 0 Å². The van der Waals surface area contributed by atoms with E-state index in [0.29, 0.717) is 31.0 Å². The van der Waals surface area contributed by atoms with E-state index in [1.807, 2.05) is 11.9 Å². The lowest BCUT2D eigenvalue weighted by atomic mass is 9.78. The SMILES string of the molecule is CC1CCCC(NC(=O)CN(C)CC2(O)CCCC2)C1C. The molecule has 0 saturated heterocycles. The van der Waals surface area contributed by atoms with Crippen LogP contribution in [-0.2, 0) is 4.79 Å². The highest BCUT2D eigenvalue weighted by Crippen LogP contribution is 2.30.